The van der Waals surface area contributed by atoms with Crippen LogP contribution in [0.3, 0.4) is 0 Å². The quantitative estimate of drug-likeness (QED) is 0.429. The van der Waals surface area contributed by atoms with E-state index in [0.717, 1.165) is 12.5 Å². The molecular formula is C13H27N3. The third-order valence-electron chi connectivity index (χ3n) is 3.24. The molecule has 0 heterocycles. The summed E-state index contributed by atoms with van der Waals surface area (Å²) < 4.78 is 0. The van der Waals surface area contributed by atoms with Crippen LogP contribution in [0.2, 0.25) is 0 Å². The maximum atomic E-state index is 4.27. The van der Waals surface area contributed by atoms with E-state index in [2.05, 4.69) is 22.5 Å². The summed E-state index contributed by atoms with van der Waals surface area (Å²) in [7, 11) is 1.86. The number of unbranched alkanes of at least 4 members (excludes halogenated alkanes) is 2. The molecule has 0 aliphatic heterocycles. The van der Waals surface area contributed by atoms with Crippen LogP contribution >= 0.6 is 0 Å². The summed E-state index contributed by atoms with van der Waals surface area (Å²) in [6, 6.07) is 0.645. The molecule has 2 N–H and O–H groups in total. The first kappa shape index (κ1) is 13.3. The lowest BCUT2D eigenvalue weighted by Gasteiger charge is -2.24. The highest BCUT2D eigenvalue weighted by Crippen LogP contribution is 2.17. The highest BCUT2D eigenvalue weighted by Gasteiger charge is 2.13. The second-order valence-corrected chi connectivity index (χ2v) is 4.69. The van der Waals surface area contributed by atoms with Crippen molar-refractivity contribution in [2.24, 2.45) is 4.99 Å². The summed E-state index contributed by atoms with van der Waals surface area (Å²) in [6.07, 6.45) is 10.5. The smallest absolute Gasteiger partial charge is 0.191 e. The van der Waals surface area contributed by atoms with Gasteiger partial charge in [0, 0.05) is 19.6 Å². The van der Waals surface area contributed by atoms with Gasteiger partial charge in [-0.3, -0.25) is 4.99 Å². The fourth-order valence-electron chi connectivity index (χ4n) is 2.22. The van der Waals surface area contributed by atoms with Crippen molar-refractivity contribution < 1.29 is 0 Å². The highest BCUT2D eigenvalue weighted by atomic mass is 15.2. The first-order chi connectivity index (χ1) is 7.86. The molecule has 1 saturated carbocycles. The van der Waals surface area contributed by atoms with E-state index in [1.165, 1.54) is 51.4 Å². The Morgan fingerprint density at radius 2 is 1.94 bits per heavy atom. The average Bonchev–Trinajstić information content (AvgIpc) is 2.34. The maximum absolute atomic E-state index is 4.27. The standard InChI is InChI=1S/C13H27N3/c1-3-4-8-11-15-13(14-2)16-12-9-6-5-7-10-12/h12H,3-11H2,1-2H3,(H2,14,15,16). The zero-order chi connectivity index (χ0) is 11.6. The lowest BCUT2D eigenvalue weighted by Crippen LogP contribution is -2.44. The van der Waals surface area contributed by atoms with Crippen molar-refractivity contribution >= 4 is 5.96 Å². The molecule has 0 aromatic carbocycles. The zero-order valence-electron chi connectivity index (χ0n) is 10.9. The van der Waals surface area contributed by atoms with E-state index in [4.69, 9.17) is 0 Å². The minimum Gasteiger partial charge on any atom is -0.356 e. The van der Waals surface area contributed by atoms with Crippen LogP contribution in [0.25, 0.3) is 0 Å². The molecule has 1 aliphatic carbocycles. The van der Waals surface area contributed by atoms with Crippen LogP contribution in [0.1, 0.15) is 58.3 Å². The normalized spacial score (nSPS) is 18.5. The molecule has 0 radical (unpaired) electrons. The van der Waals surface area contributed by atoms with Gasteiger partial charge in [0.05, 0.1) is 0 Å². The van der Waals surface area contributed by atoms with Gasteiger partial charge >= 0.3 is 0 Å². The number of hydrogen-bond donors (Lipinski definition) is 2. The molecule has 94 valence electrons. The van der Waals surface area contributed by atoms with Gasteiger partial charge in [0.2, 0.25) is 0 Å². The van der Waals surface area contributed by atoms with Gasteiger partial charge in [-0.2, -0.15) is 0 Å². The minimum atomic E-state index is 0.645. The topological polar surface area (TPSA) is 36.4 Å². The minimum absolute atomic E-state index is 0.645. The van der Waals surface area contributed by atoms with Crippen molar-refractivity contribution in [3.8, 4) is 0 Å². The molecular weight excluding hydrogens is 198 g/mol. The number of nitrogens with zero attached hydrogens (tertiary/aromatic N) is 1. The van der Waals surface area contributed by atoms with Gasteiger partial charge in [-0.1, -0.05) is 39.0 Å². The van der Waals surface area contributed by atoms with Gasteiger partial charge in [0.15, 0.2) is 5.96 Å². The number of nitrogens with one attached hydrogen (secondary N) is 2. The van der Waals surface area contributed by atoms with Crippen LogP contribution in [0.4, 0.5) is 0 Å². The molecule has 1 fully saturated rings. The van der Waals surface area contributed by atoms with Crippen molar-refractivity contribution in [1.29, 1.82) is 0 Å². The summed E-state index contributed by atoms with van der Waals surface area (Å²) in [4.78, 5) is 4.27. The molecule has 1 aliphatic rings. The molecule has 1 rings (SSSR count). The fourth-order valence-corrected chi connectivity index (χ4v) is 2.22. The summed E-state index contributed by atoms with van der Waals surface area (Å²) in [6.45, 7) is 3.27. The molecule has 0 atom stereocenters. The number of rotatable bonds is 5. The number of hydrogen-bond acceptors (Lipinski definition) is 1. The molecule has 0 bridgehead atoms. The van der Waals surface area contributed by atoms with Crippen LogP contribution in [-0.2, 0) is 0 Å². The second kappa shape index (κ2) is 8.43. The highest BCUT2D eigenvalue weighted by molar-refractivity contribution is 5.79. The third-order valence-corrected chi connectivity index (χ3v) is 3.24. The van der Waals surface area contributed by atoms with Gasteiger partial charge in [0.1, 0.15) is 0 Å². The Morgan fingerprint density at radius 1 is 1.19 bits per heavy atom. The van der Waals surface area contributed by atoms with Gasteiger partial charge < -0.3 is 10.6 Å². The van der Waals surface area contributed by atoms with Crippen LogP contribution < -0.4 is 10.6 Å². The first-order valence-corrected chi connectivity index (χ1v) is 6.84. The molecule has 3 nitrogen and oxygen atoms in total. The Labute approximate surface area is 100 Å². The Kier molecular flexibility index (Phi) is 7.02. The predicted octanol–water partition coefficient (Wildman–Crippen LogP) is 2.67. The largest absolute Gasteiger partial charge is 0.356 e. The molecule has 3 heteroatoms. The molecule has 0 amide bonds. The molecule has 0 spiro atoms. The maximum Gasteiger partial charge on any atom is 0.191 e. The summed E-state index contributed by atoms with van der Waals surface area (Å²) in [5, 5.41) is 6.91. The third kappa shape index (κ3) is 5.38. The number of aliphatic imine (C=N–C) groups is 1. The Bertz CT molecular complexity index is 195. The van der Waals surface area contributed by atoms with E-state index < -0.39 is 0 Å². The Morgan fingerprint density at radius 3 is 2.56 bits per heavy atom. The van der Waals surface area contributed by atoms with E-state index in [-0.39, 0.29) is 0 Å². The monoisotopic (exact) mass is 225 g/mol. The molecule has 0 saturated heterocycles. The predicted molar refractivity (Wildman–Crippen MR) is 70.9 cm³/mol. The van der Waals surface area contributed by atoms with E-state index in [1.807, 2.05) is 7.05 Å². The second-order valence-electron chi connectivity index (χ2n) is 4.69. The molecule has 16 heavy (non-hydrogen) atoms. The van der Waals surface area contributed by atoms with Gasteiger partial charge in [-0.15, -0.1) is 0 Å². The van der Waals surface area contributed by atoms with E-state index >= 15 is 0 Å². The van der Waals surface area contributed by atoms with Crippen LogP contribution in [0.5, 0.6) is 0 Å². The Hall–Kier alpha value is -0.730. The summed E-state index contributed by atoms with van der Waals surface area (Å²) in [5.41, 5.74) is 0. The van der Waals surface area contributed by atoms with E-state index in [0.29, 0.717) is 6.04 Å². The van der Waals surface area contributed by atoms with Crippen molar-refractivity contribution in [1.82, 2.24) is 10.6 Å². The van der Waals surface area contributed by atoms with Crippen molar-refractivity contribution in [3.63, 3.8) is 0 Å². The van der Waals surface area contributed by atoms with Crippen molar-refractivity contribution in [3.05, 3.63) is 0 Å². The van der Waals surface area contributed by atoms with Crippen LogP contribution in [-0.4, -0.2) is 25.6 Å². The summed E-state index contributed by atoms with van der Waals surface area (Å²) >= 11 is 0. The van der Waals surface area contributed by atoms with E-state index in [1.54, 1.807) is 0 Å². The first-order valence-electron chi connectivity index (χ1n) is 6.84. The van der Waals surface area contributed by atoms with Gasteiger partial charge in [-0.25, -0.2) is 0 Å². The fraction of sp³-hybridized carbons (Fsp3) is 0.923. The van der Waals surface area contributed by atoms with Gasteiger partial charge in [0.25, 0.3) is 0 Å². The Balaban J connectivity index is 2.15. The zero-order valence-corrected chi connectivity index (χ0v) is 10.9. The molecule has 0 unspecified atom stereocenters. The van der Waals surface area contributed by atoms with Crippen LogP contribution in [0, 0.1) is 0 Å². The van der Waals surface area contributed by atoms with Crippen LogP contribution in [0.15, 0.2) is 4.99 Å². The lowest BCUT2D eigenvalue weighted by atomic mass is 9.96. The molecule has 0 aromatic heterocycles. The lowest BCUT2D eigenvalue weighted by molar-refractivity contribution is 0.410. The van der Waals surface area contributed by atoms with Crippen molar-refractivity contribution in [2.45, 2.75) is 64.3 Å². The van der Waals surface area contributed by atoms with Crippen molar-refractivity contribution in [2.75, 3.05) is 13.6 Å². The molecule has 0 aromatic rings. The summed E-state index contributed by atoms with van der Waals surface area (Å²) in [5.74, 6) is 0.989. The average molecular weight is 225 g/mol. The van der Waals surface area contributed by atoms with E-state index in [9.17, 15) is 0 Å². The SMILES string of the molecule is CCCCCNC(=NC)NC1CCCCC1. The van der Waals surface area contributed by atoms with Gasteiger partial charge in [-0.05, 0) is 19.3 Å². The number of guanidine groups is 1.